The Hall–Kier alpha value is -0.120. The first-order valence-electron chi connectivity index (χ1n) is 7.53. The van der Waals surface area contributed by atoms with Crippen LogP contribution in [0.3, 0.4) is 0 Å². The zero-order valence-corrected chi connectivity index (χ0v) is 12.2. The molecule has 2 aliphatic rings. The molecule has 0 amide bonds. The second kappa shape index (κ2) is 6.36. The number of ether oxygens (including phenoxy) is 2. The molecule has 3 atom stereocenters. The van der Waals surface area contributed by atoms with E-state index in [1.165, 1.54) is 19.3 Å². The Kier molecular flexibility index (Phi) is 5.05. The van der Waals surface area contributed by atoms with Crippen molar-refractivity contribution in [3.63, 3.8) is 0 Å². The number of hydrogen-bond acceptors (Lipinski definition) is 3. The summed E-state index contributed by atoms with van der Waals surface area (Å²) >= 11 is 0. The zero-order chi connectivity index (χ0) is 13.0. The lowest BCUT2D eigenvalue weighted by Gasteiger charge is -2.40. The van der Waals surface area contributed by atoms with Crippen LogP contribution in [0, 0.1) is 11.8 Å². The highest BCUT2D eigenvalue weighted by Crippen LogP contribution is 2.30. The van der Waals surface area contributed by atoms with E-state index in [4.69, 9.17) is 9.47 Å². The van der Waals surface area contributed by atoms with Gasteiger partial charge in [0.05, 0.1) is 5.60 Å². The third kappa shape index (κ3) is 3.25. The van der Waals surface area contributed by atoms with Crippen molar-refractivity contribution in [1.82, 2.24) is 5.32 Å². The Morgan fingerprint density at radius 2 is 1.94 bits per heavy atom. The second-order valence-electron chi connectivity index (χ2n) is 6.25. The van der Waals surface area contributed by atoms with Crippen LogP contribution in [0.5, 0.6) is 0 Å². The van der Waals surface area contributed by atoms with Gasteiger partial charge in [-0.05, 0) is 18.3 Å². The van der Waals surface area contributed by atoms with Crippen molar-refractivity contribution < 1.29 is 9.47 Å². The predicted molar refractivity (Wildman–Crippen MR) is 73.8 cm³/mol. The molecule has 0 aromatic heterocycles. The van der Waals surface area contributed by atoms with Gasteiger partial charge in [0.25, 0.3) is 0 Å². The quantitative estimate of drug-likeness (QED) is 0.837. The molecule has 2 fully saturated rings. The van der Waals surface area contributed by atoms with Gasteiger partial charge in [-0.2, -0.15) is 0 Å². The standard InChI is InChI=1S/C15H29NO2/c1-12-5-4-6-14(13(12)2)16-11-15(17-3)7-9-18-10-8-15/h12-14,16H,4-11H2,1-3H3/t12-,13+,14-/m1/s1. The van der Waals surface area contributed by atoms with Gasteiger partial charge in [-0.25, -0.2) is 0 Å². The van der Waals surface area contributed by atoms with Crippen molar-refractivity contribution in [3.8, 4) is 0 Å². The summed E-state index contributed by atoms with van der Waals surface area (Å²) in [5, 5.41) is 3.78. The zero-order valence-electron chi connectivity index (χ0n) is 12.2. The fraction of sp³-hybridized carbons (Fsp3) is 1.00. The van der Waals surface area contributed by atoms with Crippen molar-refractivity contribution in [1.29, 1.82) is 0 Å². The van der Waals surface area contributed by atoms with Gasteiger partial charge in [-0.15, -0.1) is 0 Å². The van der Waals surface area contributed by atoms with Crippen LogP contribution in [0.25, 0.3) is 0 Å². The molecule has 0 bridgehead atoms. The third-order valence-corrected chi connectivity index (χ3v) is 5.23. The first-order chi connectivity index (χ1) is 8.67. The normalized spacial score (nSPS) is 36.5. The fourth-order valence-electron chi connectivity index (χ4n) is 3.38. The third-order valence-electron chi connectivity index (χ3n) is 5.23. The smallest absolute Gasteiger partial charge is 0.0846 e. The summed E-state index contributed by atoms with van der Waals surface area (Å²) < 4.78 is 11.2. The van der Waals surface area contributed by atoms with Gasteiger partial charge >= 0.3 is 0 Å². The first-order valence-corrected chi connectivity index (χ1v) is 7.53. The molecule has 0 spiro atoms. The van der Waals surface area contributed by atoms with E-state index in [-0.39, 0.29) is 5.60 Å². The van der Waals surface area contributed by atoms with Gasteiger partial charge < -0.3 is 14.8 Å². The molecule has 0 aromatic carbocycles. The summed E-state index contributed by atoms with van der Waals surface area (Å²) in [5.74, 6) is 1.64. The molecule has 2 rings (SSSR count). The number of rotatable bonds is 4. The van der Waals surface area contributed by atoms with Gasteiger partial charge in [0.2, 0.25) is 0 Å². The fourth-order valence-corrected chi connectivity index (χ4v) is 3.38. The monoisotopic (exact) mass is 255 g/mol. The van der Waals surface area contributed by atoms with E-state index in [9.17, 15) is 0 Å². The highest BCUT2D eigenvalue weighted by atomic mass is 16.5. The van der Waals surface area contributed by atoms with Crippen LogP contribution in [0.2, 0.25) is 0 Å². The Morgan fingerprint density at radius 1 is 1.22 bits per heavy atom. The maximum absolute atomic E-state index is 5.79. The van der Waals surface area contributed by atoms with E-state index in [0.717, 1.165) is 44.4 Å². The maximum atomic E-state index is 5.79. The van der Waals surface area contributed by atoms with Gasteiger partial charge in [0.1, 0.15) is 0 Å². The molecule has 0 aromatic rings. The van der Waals surface area contributed by atoms with Crippen LogP contribution in [0.15, 0.2) is 0 Å². The van der Waals surface area contributed by atoms with E-state index >= 15 is 0 Å². The molecule has 3 nitrogen and oxygen atoms in total. The van der Waals surface area contributed by atoms with Gasteiger partial charge in [0.15, 0.2) is 0 Å². The molecule has 106 valence electrons. The van der Waals surface area contributed by atoms with E-state index in [1.807, 2.05) is 7.11 Å². The van der Waals surface area contributed by atoms with Crippen molar-refractivity contribution >= 4 is 0 Å². The summed E-state index contributed by atoms with van der Waals surface area (Å²) in [7, 11) is 1.85. The average Bonchev–Trinajstić information content (AvgIpc) is 2.41. The van der Waals surface area contributed by atoms with Crippen LogP contribution >= 0.6 is 0 Å². The highest BCUT2D eigenvalue weighted by molar-refractivity contribution is 4.89. The minimum Gasteiger partial charge on any atom is -0.381 e. The van der Waals surface area contributed by atoms with E-state index in [2.05, 4.69) is 19.2 Å². The SMILES string of the molecule is COC1(CN[C@@H]2CCC[C@@H](C)[C@@H]2C)CCOCC1. The predicted octanol–water partition coefficient (Wildman–Crippen LogP) is 2.60. The molecule has 3 heteroatoms. The molecule has 1 aliphatic heterocycles. The molecule has 0 radical (unpaired) electrons. The van der Waals surface area contributed by atoms with Crippen LogP contribution in [-0.4, -0.2) is 38.5 Å². The number of methoxy groups -OCH3 is 1. The lowest BCUT2D eigenvalue weighted by molar-refractivity contribution is -0.0899. The van der Waals surface area contributed by atoms with E-state index < -0.39 is 0 Å². The molecule has 1 aliphatic carbocycles. The lowest BCUT2D eigenvalue weighted by atomic mass is 9.77. The van der Waals surface area contributed by atoms with Gasteiger partial charge in [-0.3, -0.25) is 0 Å². The highest BCUT2D eigenvalue weighted by Gasteiger charge is 2.34. The average molecular weight is 255 g/mol. The lowest BCUT2D eigenvalue weighted by Crippen LogP contribution is -2.51. The van der Waals surface area contributed by atoms with Crippen molar-refractivity contribution in [2.24, 2.45) is 11.8 Å². The Bertz CT molecular complexity index is 251. The summed E-state index contributed by atoms with van der Waals surface area (Å²) in [6.45, 7) is 7.44. The molecular formula is C15H29NO2. The van der Waals surface area contributed by atoms with Crippen LogP contribution < -0.4 is 5.32 Å². The summed E-state index contributed by atoms with van der Waals surface area (Å²) in [5.41, 5.74) is 0.0126. The summed E-state index contributed by atoms with van der Waals surface area (Å²) in [6.07, 6.45) is 6.12. The van der Waals surface area contributed by atoms with Crippen molar-refractivity contribution in [3.05, 3.63) is 0 Å². The van der Waals surface area contributed by atoms with Crippen LogP contribution in [0.1, 0.15) is 46.0 Å². The molecule has 1 saturated carbocycles. The maximum Gasteiger partial charge on any atom is 0.0846 e. The van der Waals surface area contributed by atoms with Crippen molar-refractivity contribution in [2.75, 3.05) is 26.9 Å². The number of hydrogen-bond donors (Lipinski definition) is 1. The summed E-state index contributed by atoms with van der Waals surface area (Å²) in [4.78, 5) is 0. The van der Waals surface area contributed by atoms with Gasteiger partial charge in [-0.1, -0.05) is 26.7 Å². The van der Waals surface area contributed by atoms with E-state index in [0.29, 0.717) is 6.04 Å². The largest absolute Gasteiger partial charge is 0.381 e. The first kappa shape index (κ1) is 14.3. The molecule has 1 N–H and O–H groups in total. The second-order valence-corrected chi connectivity index (χ2v) is 6.25. The summed E-state index contributed by atoms with van der Waals surface area (Å²) in [6, 6.07) is 0.670. The van der Waals surface area contributed by atoms with E-state index in [1.54, 1.807) is 0 Å². The Morgan fingerprint density at radius 3 is 2.61 bits per heavy atom. The van der Waals surface area contributed by atoms with Crippen molar-refractivity contribution in [2.45, 2.75) is 57.6 Å². The van der Waals surface area contributed by atoms with Crippen LogP contribution in [-0.2, 0) is 9.47 Å². The Labute approximate surface area is 112 Å². The Balaban J connectivity index is 1.85. The molecular weight excluding hydrogens is 226 g/mol. The molecule has 1 heterocycles. The topological polar surface area (TPSA) is 30.5 Å². The molecule has 0 unspecified atom stereocenters. The minimum absolute atomic E-state index is 0.0126. The molecule has 18 heavy (non-hydrogen) atoms. The minimum atomic E-state index is 0.0126. The van der Waals surface area contributed by atoms with Crippen LogP contribution in [0.4, 0.5) is 0 Å². The van der Waals surface area contributed by atoms with Gasteiger partial charge in [0, 0.05) is 45.8 Å². The number of nitrogens with one attached hydrogen (secondary N) is 1. The molecule has 1 saturated heterocycles.